The summed E-state index contributed by atoms with van der Waals surface area (Å²) in [6, 6.07) is 9.89. The summed E-state index contributed by atoms with van der Waals surface area (Å²) in [7, 11) is 0. The van der Waals surface area contributed by atoms with Gasteiger partial charge in [-0.1, -0.05) is 24.3 Å². The third-order valence-electron chi connectivity index (χ3n) is 1.99. The summed E-state index contributed by atoms with van der Waals surface area (Å²) in [6.07, 6.45) is 0.672. The minimum Gasteiger partial charge on any atom is -0.298 e. The summed E-state index contributed by atoms with van der Waals surface area (Å²) >= 11 is 0. The highest BCUT2D eigenvalue weighted by molar-refractivity contribution is 5.97. The molecular formula is C11H7FO. The summed E-state index contributed by atoms with van der Waals surface area (Å²) in [5, 5.41) is 1.54. The molecule has 0 amide bonds. The minimum absolute atomic E-state index is 0.374. The molecule has 2 rings (SSSR count). The van der Waals surface area contributed by atoms with E-state index in [0.717, 1.165) is 10.8 Å². The fourth-order valence-corrected chi connectivity index (χ4v) is 1.40. The van der Waals surface area contributed by atoms with E-state index in [-0.39, 0.29) is 5.82 Å². The van der Waals surface area contributed by atoms with Gasteiger partial charge in [0.05, 0.1) is 0 Å². The van der Waals surface area contributed by atoms with Gasteiger partial charge < -0.3 is 0 Å². The molecule has 2 heteroatoms. The van der Waals surface area contributed by atoms with Crippen molar-refractivity contribution >= 4 is 17.1 Å². The molecule has 0 aliphatic heterocycles. The molecular weight excluding hydrogens is 167 g/mol. The highest BCUT2D eigenvalue weighted by Gasteiger charge is 2.01. The molecule has 0 heterocycles. The lowest BCUT2D eigenvalue weighted by Crippen LogP contribution is -1.85. The third-order valence-corrected chi connectivity index (χ3v) is 1.99. The normalized spacial score (nSPS) is 10.2. The van der Waals surface area contributed by atoms with E-state index >= 15 is 0 Å². The van der Waals surface area contributed by atoms with Gasteiger partial charge >= 0.3 is 0 Å². The highest BCUT2D eigenvalue weighted by Crippen LogP contribution is 2.18. The average Bonchev–Trinajstić information content (AvgIpc) is 2.16. The van der Waals surface area contributed by atoms with Crippen molar-refractivity contribution < 1.29 is 9.18 Å². The van der Waals surface area contributed by atoms with Gasteiger partial charge in [-0.3, -0.25) is 4.79 Å². The molecule has 0 fully saturated rings. The van der Waals surface area contributed by atoms with Crippen LogP contribution in [0, 0.1) is 5.82 Å². The molecule has 64 valence electrons. The predicted molar refractivity (Wildman–Crippen MR) is 49.3 cm³/mol. The first-order valence-corrected chi connectivity index (χ1v) is 3.95. The quantitative estimate of drug-likeness (QED) is 0.607. The van der Waals surface area contributed by atoms with Gasteiger partial charge in [-0.15, -0.1) is 0 Å². The number of aldehydes is 1. The first kappa shape index (κ1) is 7.92. The van der Waals surface area contributed by atoms with Gasteiger partial charge in [0.2, 0.25) is 0 Å². The van der Waals surface area contributed by atoms with Gasteiger partial charge in [-0.2, -0.15) is 0 Å². The van der Waals surface area contributed by atoms with Crippen molar-refractivity contribution in [2.75, 3.05) is 0 Å². The fourth-order valence-electron chi connectivity index (χ4n) is 1.40. The Labute approximate surface area is 74.8 Å². The van der Waals surface area contributed by atoms with Crippen molar-refractivity contribution in [1.82, 2.24) is 0 Å². The lowest BCUT2D eigenvalue weighted by atomic mass is 10.1. The molecule has 0 radical (unpaired) electrons. The largest absolute Gasteiger partial charge is 0.298 e. The zero-order chi connectivity index (χ0) is 9.26. The Morgan fingerprint density at radius 1 is 1.15 bits per heavy atom. The molecule has 2 aromatic carbocycles. The second-order valence-corrected chi connectivity index (χ2v) is 2.83. The first-order valence-electron chi connectivity index (χ1n) is 3.95. The minimum atomic E-state index is -0.374. The molecule has 0 aliphatic carbocycles. The molecule has 0 bridgehead atoms. The Hall–Kier alpha value is -1.70. The number of hydrogen-bond donors (Lipinski definition) is 0. The van der Waals surface area contributed by atoms with Crippen molar-refractivity contribution in [3.05, 3.63) is 47.8 Å². The highest BCUT2D eigenvalue weighted by atomic mass is 19.1. The number of carbonyl (C=O) groups excluding carboxylic acids is 1. The van der Waals surface area contributed by atoms with E-state index < -0.39 is 0 Å². The topological polar surface area (TPSA) is 17.1 Å². The van der Waals surface area contributed by atoms with E-state index in [0.29, 0.717) is 11.8 Å². The summed E-state index contributed by atoms with van der Waals surface area (Å²) in [6.45, 7) is 0. The molecule has 1 nitrogen and oxygen atoms in total. The maximum Gasteiger partial charge on any atom is 0.150 e. The zero-order valence-electron chi connectivity index (χ0n) is 6.83. The van der Waals surface area contributed by atoms with Gasteiger partial charge in [-0.25, -0.2) is 4.39 Å². The molecule has 2 aromatic rings. The number of rotatable bonds is 1. The van der Waals surface area contributed by atoms with Gasteiger partial charge in [0, 0.05) is 5.56 Å². The van der Waals surface area contributed by atoms with Crippen LogP contribution >= 0.6 is 0 Å². The monoisotopic (exact) mass is 174 g/mol. The lowest BCUT2D eigenvalue weighted by molar-refractivity contribution is 0.112. The van der Waals surface area contributed by atoms with Crippen LogP contribution < -0.4 is 0 Å². The first-order chi connectivity index (χ1) is 6.31. The summed E-state index contributed by atoms with van der Waals surface area (Å²) in [5.41, 5.74) is 0.399. The van der Waals surface area contributed by atoms with Crippen LogP contribution in [0.1, 0.15) is 10.4 Å². The lowest BCUT2D eigenvalue weighted by Gasteiger charge is -2.00. The smallest absolute Gasteiger partial charge is 0.150 e. The molecule has 0 aliphatic rings. The van der Waals surface area contributed by atoms with Gasteiger partial charge in [0.15, 0.2) is 6.29 Å². The van der Waals surface area contributed by atoms with Gasteiger partial charge in [-0.05, 0) is 22.9 Å². The van der Waals surface area contributed by atoms with E-state index in [1.165, 1.54) is 12.1 Å². The zero-order valence-corrected chi connectivity index (χ0v) is 6.83. The van der Waals surface area contributed by atoms with Gasteiger partial charge in [0.1, 0.15) is 5.82 Å². The molecule has 0 spiro atoms. The Balaban J connectivity index is 2.89. The van der Waals surface area contributed by atoms with E-state index in [4.69, 9.17) is 0 Å². The van der Waals surface area contributed by atoms with E-state index in [9.17, 15) is 9.18 Å². The molecule has 0 saturated heterocycles. The van der Waals surface area contributed by atoms with Crippen LogP contribution in [0.15, 0.2) is 36.4 Å². The van der Waals surface area contributed by atoms with E-state index in [1.54, 1.807) is 12.1 Å². The SMILES string of the molecule is O=Cc1cc(F)cc2ccccc12. The standard InChI is InChI=1S/C11H7FO/c12-10-5-8-3-1-2-4-11(8)9(6-10)7-13/h1-7H. The summed E-state index contributed by atoms with van der Waals surface area (Å²) in [4.78, 5) is 10.6. The summed E-state index contributed by atoms with van der Waals surface area (Å²) in [5.74, 6) is -0.374. The van der Waals surface area contributed by atoms with Crippen molar-refractivity contribution in [3.63, 3.8) is 0 Å². The maximum absolute atomic E-state index is 12.9. The van der Waals surface area contributed by atoms with Crippen molar-refractivity contribution in [3.8, 4) is 0 Å². The van der Waals surface area contributed by atoms with E-state index in [1.807, 2.05) is 12.1 Å². The summed E-state index contributed by atoms with van der Waals surface area (Å²) < 4.78 is 12.9. The average molecular weight is 174 g/mol. The number of carbonyl (C=O) groups is 1. The van der Waals surface area contributed by atoms with Crippen LogP contribution in [0.4, 0.5) is 4.39 Å². The van der Waals surface area contributed by atoms with E-state index in [2.05, 4.69) is 0 Å². The molecule has 13 heavy (non-hydrogen) atoms. The van der Waals surface area contributed by atoms with Crippen molar-refractivity contribution in [1.29, 1.82) is 0 Å². The number of benzene rings is 2. The van der Waals surface area contributed by atoms with Crippen molar-refractivity contribution in [2.45, 2.75) is 0 Å². The Kier molecular flexibility index (Phi) is 1.81. The van der Waals surface area contributed by atoms with Crippen LogP contribution in [0.3, 0.4) is 0 Å². The maximum atomic E-state index is 12.9. The van der Waals surface area contributed by atoms with Crippen LogP contribution in [0.25, 0.3) is 10.8 Å². The number of halogens is 1. The van der Waals surface area contributed by atoms with Crippen LogP contribution in [-0.4, -0.2) is 6.29 Å². The Morgan fingerprint density at radius 2 is 1.92 bits per heavy atom. The number of fused-ring (bicyclic) bond motifs is 1. The number of hydrogen-bond acceptors (Lipinski definition) is 1. The fraction of sp³-hybridized carbons (Fsp3) is 0. The molecule has 0 unspecified atom stereocenters. The predicted octanol–water partition coefficient (Wildman–Crippen LogP) is 2.79. The van der Waals surface area contributed by atoms with Crippen LogP contribution in [0.5, 0.6) is 0 Å². The second kappa shape index (κ2) is 2.98. The molecule has 0 saturated carbocycles. The molecule has 0 aromatic heterocycles. The molecule has 0 N–H and O–H groups in total. The van der Waals surface area contributed by atoms with Crippen LogP contribution in [-0.2, 0) is 0 Å². The molecule has 0 atom stereocenters. The van der Waals surface area contributed by atoms with Gasteiger partial charge in [0.25, 0.3) is 0 Å². The van der Waals surface area contributed by atoms with Crippen LogP contribution in [0.2, 0.25) is 0 Å². The third kappa shape index (κ3) is 1.31. The van der Waals surface area contributed by atoms with Crippen molar-refractivity contribution in [2.24, 2.45) is 0 Å². The Morgan fingerprint density at radius 3 is 2.69 bits per heavy atom. The second-order valence-electron chi connectivity index (χ2n) is 2.83. The Bertz CT molecular complexity index is 463.